The lowest BCUT2D eigenvalue weighted by atomic mass is 9.79. The molecule has 2 aliphatic heterocycles. The molecule has 19 heavy (non-hydrogen) atoms. The molecule has 2 nitrogen and oxygen atoms in total. The van der Waals surface area contributed by atoms with Gasteiger partial charge >= 0.3 is 0 Å². The Morgan fingerprint density at radius 1 is 1.00 bits per heavy atom. The maximum absolute atomic E-state index is 6.22. The first kappa shape index (κ1) is 11.9. The summed E-state index contributed by atoms with van der Waals surface area (Å²) in [6.45, 7) is 0. The van der Waals surface area contributed by atoms with Crippen molar-refractivity contribution in [3.05, 3.63) is 35.9 Å². The van der Waals surface area contributed by atoms with Gasteiger partial charge in [-0.25, -0.2) is 0 Å². The van der Waals surface area contributed by atoms with Crippen molar-refractivity contribution in [3.63, 3.8) is 0 Å². The third-order valence-corrected chi connectivity index (χ3v) is 5.33. The van der Waals surface area contributed by atoms with Crippen molar-refractivity contribution in [3.8, 4) is 0 Å². The Morgan fingerprint density at radius 3 is 2.42 bits per heavy atom. The highest BCUT2D eigenvalue weighted by Gasteiger charge is 2.55. The second kappa shape index (κ2) is 4.60. The molecule has 3 fully saturated rings. The van der Waals surface area contributed by atoms with E-state index in [0.717, 1.165) is 0 Å². The van der Waals surface area contributed by atoms with E-state index in [2.05, 4.69) is 35.4 Å². The van der Waals surface area contributed by atoms with Crippen molar-refractivity contribution in [2.75, 3.05) is 0 Å². The van der Waals surface area contributed by atoms with Crippen LogP contribution >= 0.6 is 0 Å². The largest absolute Gasteiger partial charge is 0.294 e. The molecule has 0 amide bonds. The highest BCUT2D eigenvalue weighted by Crippen LogP contribution is 2.53. The molecule has 1 aliphatic carbocycles. The maximum atomic E-state index is 6.22. The molecule has 3 aliphatic rings. The first-order valence-electron chi connectivity index (χ1n) is 7.88. The van der Waals surface area contributed by atoms with Crippen LogP contribution in [0.4, 0.5) is 0 Å². The van der Waals surface area contributed by atoms with Gasteiger partial charge in [0.2, 0.25) is 0 Å². The van der Waals surface area contributed by atoms with Gasteiger partial charge in [0.25, 0.3) is 0 Å². The predicted octanol–water partition coefficient (Wildman–Crippen LogP) is 4.23. The van der Waals surface area contributed by atoms with Crippen molar-refractivity contribution >= 4 is 0 Å². The normalized spacial score (nSPS) is 36.5. The van der Waals surface area contributed by atoms with Crippen LogP contribution in [-0.4, -0.2) is 16.7 Å². The van der Waals surface area contributed by atoms with Gasteiger partial charge in [0.05, 0.1) is 12.1 Å². The van der Waals surface area contributed by atoms with Crippen LogP contribution < -0.4 is 0 Å². The lowest BCUT2D eigenvalue weighted by Crippen LogP contribution is -2.45. The Bertz CT molecular complexity index is 436. The summed E-state index contributed by atoms with van der Waals surface area (Å²) in [6.07, 6.45) is 11.2. The van der Waals surface area contributed by atoms with Gasteiger partial charge in [0, 0.05) is 5.54 Å². The standard InChI is InChI=1S/C17H23NO/c1-2-7-11-17(10-6-1)13-15-12-16(18(17)19-15)14-8-4-3-5-9-14/h3-5,8-9,15-16H,1-2,6-7,10-13H2/t15?,16-/m0/s1. The first-order chi connectivity index (χ1) is 9.37. The molecular weight excluding hydrogens is 234 g/mol. The van der Waals surface area contributed by atoms with Gasteiger partial charge in [-0.05, 0) is 31.2 Å². The van der Waals surface area contributed by atoms with E-state index in [1.165, 1.54) is 56.9 Å². The zero-order chi connectivity index (χ0) is 12.7. The van der Waals surface area contributed by atoms with Crippen LogP contribution in [0.5, 0.6) is 0 Å². The minimum atomic E-state index is 0.361. The molecule has 0 radical (unpaired) electrons. The van der Waals surface area contributed by atoms with Gasteiger partial charge in [0.1, 0.15) is 0 Å². The molecule has 2 heteroatoms. The molecule has 2 heterocycles. The number of hydrogen-bond acceptors (Lipinski definition) is 2. The van der Waals surface area contributed by atoms with Crippen molar-refractivity contribution in [2.45, 2.75) is 69.1 Å². The summed E-state index contributed by atoms with van der Waals surface area (Å²) in [7, 11) is 0. The molecule has 2 unspecified atom stereocenters. The number of fused-ring (bicyclic) bond motifs is 3. The van der Waals surface area contributed by atoms with Gasteiger partial charge < -0.3 is 0 Å². The van der Waals surface area contributed by atoms with E-state index in [4.69, 9.17) is 4.84 Å². The average Bonchev–Trinajstić information content (AvgIpc) is 2.93. The monoisotopic (exact) mass is 257 g/mol. The zero-order valence-electron chi connectivity index (χ0n) is 11.6. The Balaban J connectivity index is 1.63. The van der Waals surface area contributed by atoms with Crippen LogP contribution in [0.15, 0.2) is 30.3 Å². The fraction of sp³-hybridized carbons (Fsp3) is 0.647. The molecule has 2 bridgehead atoms. The van der Waals surface area contributed by atoms with Gasteiger partial charge in [-0.1, -0.05) is 56.0 Å². The van der Waals surface area contributed by atoms with Crippen LogP contribution in [0, 0.1) is 0 Å². The zero-order valence-corrected chi connectivity index (χ0v) is 11.6. The minimum absolute atomic E-state index is 0.361. The lowest BCUT2D eigenvalue weighted by Gasteiger charge is -2.41. The maximum Gasteiger partial charge on any atom is 0.0831 e. The summed E-state index contributed by atoms with van der Waals surface area (Å²) in [5.41, 5.74) is 1.80. The van der Waals surface area contributed by atoms with E-state index >= 15 is 0 Å². The number of nitrogens with zero attached hydrogens (tertiary/aromatic N) is 1. The van der Waals surface area contributed by atoms with Gasteiger partial charge in [0.15, 0.2) is 0 Å². The minimum Gasteiger partial charge on any atom is -0.294 e. The number of hydrogen-bond donors (Lipinski definition) is 0. The second-order valence-corrected chi connectivity index (χ2v) is 6.56. The number of piperidine rings is 1. The van der Waals surface area contributed by atoms with Crippen molar-refractivity contribution in [1.82, 2.24) is 5.06 Å². The summed E-state index contributed by atoms with van der Waals surface area (Å²) < 4.78 is 0. The molecule has 3 atom stereocenters. The molecule has 2 saturated heterocycles. The fourth-order valence-corrected chi connectivity index (χ4v) is 4.46. The average molecular weight is 257 g/mol. The molecule has 1 aromatic carbocycles. The summed E-state index contributed by atoms with van der Waals surface area (Å²) >= 11 is 0. The van der Waals surface area contributed by atoms with Crippen LogP contribution in [0.3, 0.4) is 0 Å². The fourth-order valence-electron chi connectivity index (χ4n) is 4.46. The summed E-state index contributed by atoms with van der Waals surface area (Å²) in [6, 6.07) is 11.4. The van der Waals surface area contributed by atoms with Crippen LogP contribution in [0.25, 0.3) is 0 Å². The van der Waals surface area contributed by atoms with Gasteiger partial charge in [-0.15, -0.1) is 0 Å². The Kier molecular flexibility index (Phi) is 2.89. The van der Waals surface area contributed by atoms with E-state index in [-0.39, 0.29) is 0 Å². The van der Waals surface area contributed by atoms with Crippen LogP contribution in [0.2, 0.25) is 0 Å². The number of hydroxylamine groups is 2. The van der Waals surface area contributed by atoms with E-state index in [0.29, 0.717) is 17.7 Å². The van der Waals surface area contributed by atoms with Crippen molar-refractivity contribution in [2.24, 2.45) is 0 Å². The summed E-state index contributed by atoms with van der Waals surface area (Å²) in [4.78, 5) is 6.22. The van der Waals surface area contributed by atoms with Gasteiger partial charge in [-0.2, -0.15) is 5.06 Å². The van der Waals surface area contributed by atoms with E-state index in [1.54, 1.807) is 0 Å². The third-order valence-electron chi connectivity index (χ3n) is 5.33. The molecule has 1 aromatic rings. The molecular formula is C17H23NO. The smallest absolute Gasteiger partial charge is 0.0831 e. The molecule has 1 saturated carbocycles. The van der Waals surface area contributed by atoms with E-state index in [1.807, 2.05) is 0 Å². The molecule has 4 rings (SSSR count). The van der Waals surface area contributed by atoms with Gasteiger partial charge in [-0.3, -0.25) is 4.84 Å². The Labute approximate surface area is 115 Å². The second-order valence-electron chi connectivity index (χ2n) is 6.56. The highest BCUT2D eigenvalue weighted by atomic mass is 16.7. The molecule has 0 aromatic heterocycles. The summed E-state index contributed by atoms with van der Waals surface area (Å²) in [5.74, 6) is 0. The molecule has 0 N–H and O–H groups in total. The first-order valence-corrected chi connectivity index (χ1v) is 7.88. The number of benzene rings is 1. The SMILES string of the molecule is c1ccc([C@@H]2CC3CC4(CCCCCC4)N2O3)cc1. The quantitative estimate of drug-likeness (QED) is 0.746. The lowest BCUT2D eigenvalue weighted by molar-refractivity contribution is -0.171. The molecule has 102 valence electrons. The summed E-state index contributed by atoms with van der Waals surface area (Å²) in [5, 5.41) is 2.42. The number of rotatable bonds is 1. The highest BCUT2D eigenvalue weighted by molar-refractivity contribution is 5.22. The third kappa shape index (κ3) is 1.93. The van der Waals surface area contributed by atoms with Crippen LogP contribution in [0.1, 0.15) is 63.0 Å². The Hall–Kier alpha value is -0.860. The Morgan fingerprint density at radius 2 is 1.74 bits per heavy atom. The van der Waals surface area contributed by atoms with E-state index < -0.39 is 0 Å². The topological polar surface area (TPSA) is 12.5 Å². The molecule has 1 spiro atoms. The van der Waals surface area contributed by atoms with Crippen molar-refractivity contribution < 1.29 is 4.84 Å². The van der Waals surface area contributed by atoms with Crippen molar-refractivity contribution in [1.29, 1.82) is 0 Å². The van der Waals surface area contributed by atoms with Crippen LogP contribution in [-0.2, 0) is 4.84 Å². The van der Waals surface area contributed by atoms with E-state index in [9.17, 15) is 0 Å². The predicted molar refractivity (Wildman–Crippen MR) is 75.6 cm³/mol.